The Hall–Kier alpha value is -2.62. The third kappa shape index (κ3) is 1.64. The van der Waals surface area contributed by atoms with E-state index in [1.165, 1.54) is 12.3 Å². The van der Waals surface area contributed by atoms with Crippen LogP contribution in [0.25, 0.3) is 11.0 Å². The molecule has 1 aromatic carbocycles. The van der Waals surface area contributed by atoms with Gasteiger partial charge in [-0.15, -0.1) is 0 Å². The Morgan fingerprint density at radius 1 is 1.06 bits per heavy atom. The van der Waals surface area contributed by atoms with Gasteiger partial charge in [-0.2, -0.15) is 0 Å². The van der Waals surface area contributed by atoms with Gasteiger partial charge in [-0.3, -0.25) is 4.79 Å². The van der Waals surface area contributed by atoms with Crippen molar-refractivity contribution < 1.29 is 13.6 Å². The van der Waals surface area contributed by atoms with Gasteiger partial charge < -0.3 is 8.83 Å². The molecule has 0 amide bonds. The number of fused-ring (bicyclic) bond motifs is 1. The second-order valence-electron chi connectivity index (χ2n) is 3.78. The minimum absolute atomic E-state index is 0.200. The predicted octanol–water partition coefficient (Wildman–Crippen LogP) is 2.62. The molecule has 0 saturated carbocycles. The molecular weight excluding hydrogens is 232 g/mol. The summed E-state index contributed by atoms with van der Waals surface area (Å²) in [5.41, 5.74) is 0.125. The van der Waals surface area contributed by atoms with Crippen LogP contribution in [-0.4, -0.2) is 5.78 Å². The number of carbonyl (C=O) groups excluding carboxylic acids is 1. The average molecular weight is 240 g/mol. The molecule has 0 aliphatic rings. The van der Waals surface area contributed by atoms with Crippen molar-refractivity contribution in [3.63, 3.8) is 0 Å². The van der Waals surface area contributed by atoms with Crippen molar-refractivity contribution >= 4 is 16.8 Å². The molecule has 2 heterocycles. The lowest BCUT2D eigenvalue weighted by Gasteiger charge is -2.02. The lowest BCUT2D eigenvalue weighted by Crippen LogP contribution is -2.07. The number of ketones is 1. The summed E-state index contributed by atoms with van der Waals surface area (Å²) in [6.07, 6.45) is 1.42. The van der Waals surface area contributed by atoms with E-state index in [9.17, 15) is 9.59 Å². The number of hydrogen-bond acceptors (Lipinski definition) is 4. The van der Waals surface area contributed by atoms with Crippen molar-refractivity contribution in [2.45, 2.75) is 0 Å². The van der Waals surface area contributed by atoms with Crippen LogP contribution in [0.15, 0.2) is 62.4 Å². The fourth-order valence-corrected chi connectivity index (χ4v) is 1.84. The molecule has 2 aromatic heterocycles. The lowest BCUT2D eigenvalue weighted by molar-refractivity contribution is 0.101. The lowest BCUT2D eigenvalue weighted by atomic mass is 10.0. The van der Waals surface area contributed by atoms with Gasteiger partial charge in [0.2, 0.25) is 5.78 Å². The van der Waals surface area contributed by atoms with Gasteiger partial charge in [0.15, 0.2) is 5.76 Å². The first-order valence-corrected chi connectivity index (χ1v) is 5.37. The van der Waals surface area contributed by atoms with Crippen molar-refractivity contribution in [2.24, 2.45) is 0 Å². The van der Waals surface area contributed by atoms with Crippen LogP contribution in [0.5, 0.6) is 0 Å². The number of para-hydroxylation sites is 1. The zero-order valence-corrected chi connectivity index (χ0v) is 9.25. The predicted molar refractivity (Wildman–Crippen MR) is 64.6 cm³/mol. The normalized spacial score (nSPS) is 10.7. The third-order valence-electron chi connectivity index (χ3n) is 2.64. The van der Waals surface area contributed by atoms with E-state index in [1.54, 1.807) is 36.4 Å². The molecule has 3 aromatic rings. The number of carbonyl (C=O) groups is 1. The summed E-state index contributed by atoms with van der Waals surface area (Å²) in [6.45, 7) is 0. The monoisotopic (exact) mass is 240 g/mol. The molecule has 0 saturated heterocycles. The number of rotatable bonds is 2. The number of benzene rings is 1. The van der Waals surface area contributed by atoms with Crippen molar-refractivity contribution in [2.75, 3.05) is 0 Å². The highest BCUT2D eigenvalue weighted by Crippen LogP contribution is 2.19. The van der Waals surface area contributed by atoms with Crippen LogP contribution in [0, 0.1) is 0 Å². The first-order valence-electron chi connectivity index (χ1n) is 5.37. The fourth-order valence-electron chi connectivity index (χ4n) is 1.84. The highest BCUT2D eigenvalue weighted by molar-refractivity contribution is 6.14. The van der Waals surface area contributed by atoms with Gasteiger partial charge in [-0.1, -0.05) is 18.2 Å². The minimum Gasteiger partial charge on any atom is -0.461 e. The van der Waals surface area contributed by atoms with Crippen molar-refractivity contribution in [3.8, 4) is 0 Å². The van der Waals surface area contributed by atoms with Crippen molar-refractivity contribution in [1.29, 1.82) is 0 Å². The first-order chi connectivity index (χ1) is 8.75. The van der Waals surface area contributed by atoms with E-state index in [2.05, 4.69) is 0 Å². The second kappa shape index (κ2) is 4.00. The molecule has 88 valence electrons. The molecule has 0 atom stereocenters. The minimum atomic E-state index is -0.552. The van der Waals surface area contributed by atoms with Crippen LogP contribution in [0.4, 0.5) is 0 Å². The smallest absolute Gasteiger partial charge is 0.336 e. The van der Waals surface area contributed by atoms with E-state index < -0.39 is 5.63 Å². The van der Waals surface area contributed by atoms with Crippen LogP contribution in [0.1, 0.15) is 16.1 Å². The van der Waals surface area contributed by atoms with E-state index in [4.69, 9.17) is 8.83 Å². The maximum atomic E-state index is 12.2. The molecule has 0 aliphatic heterocycles. The summed E-state index contributed by atoms with van der Waals surface area (Å²) in [5.74, 6) is -0.130. The molecule has 4 nitrogen and oxygen atoms in total. The topological polar surface area (TPSA) is 60.4 Å². The van der Waals surface area contributed by atoms with E-state index in [1.807, 2.05) is 0 Å². The van der Waals surface area contributed by atoms with E-state index in [0.717, 1.165) is 0 Å². The van der Waals surface area contributed by atoms with Crippen LogP contribution in [-0.2, 0) is 0 Å². The number of furan rings is 1. The highest BCUT2D eigenvalue weighted by atomic mass is 16.4. The SMILES string of the molecule is O=C(c1ccco1)c1cc(=O)oc2ccccc12. The Balaban J connectivity index is 2.29. The molecule has 0 aliphatic carbocycles. The summed E-state index contributed by atoms with van der Waals surface area (Å²) >= 11 is 0. The van der Waals surface area contributed by atoms with Gasteiger partial charge in [0, 0.05) is 17.0 Å². The first kappa shape index (κ1) is 10.5. The van der Waals surface area contributed by atoms with E-state index in [-0.39, 0.29) is 17.1 Å². The molecule has 0 unspecified atom stereocenters. The molecule has 18 heavy (non-hydrogen) atoms. The zero-order chi connectivity index (χ0) is 12.5. The van der Waals surface area contributed by atoms with Gasteiger partial charge in [-0.05, 0) is 18.2 Å². The summed E-state index contributed by atoms with van der Waals surface area (Å²) < 4.78 is 10.1. The summed E-state index contributed by atoms with van der Waals surface area (Å²) in [6, 6.07) is 11.3. The van der Waals surface area contributed by atoms with Crippen LogP contribution < -0.4 is 5.63 Å². The molecule has 0 radical (unpaired) electrons. The average Bonchev–Trinajstić information content (AvgIpc) is 2.90. The summed E-state index contributed by atoms with van der Waals surface area (Å²) in [7, 11) is 0. The molecule has 0 fully saturated rings. The Bertz CT molecular complexity index is 766. The van der Waals surface area contributed by atoms with E-state index in [0.29, 0.717) is 11.0 Å². The standard InChI is InChI=1S/C14H8O4/c15-13-8-10(14(16)12-6-3-7-17-12)9-4-1-2-5-11(9)18-13/h1-8H. The van der Waals surface area contributed by atoms with Gasteiger partial charge in [-0.25, -0.2) is 4.79 Å². The van der Waals surface area contributed by atoms with E-state index >= 15 is 0 Å². The van der Waals surface area contributed by atoms with Gasteiger partial charge in [0.25, 0.3) is 0 Å². The zero-order valence-electron chi connectivity index (χ0n) is 9.25. The van der Waals surface area contributed by atoms with Gasteiger partial charge in [0.1, 0.15) is 5.58 Å². The van der Waals surface area contributed by atoms with Crippen molar-refractivity contribution in [1.82, 2.24) is 0 Å². The van der Waals surface area contributed by atoms with Gasteiger partial charge in [0.05, 0.1) is 6.26 Å². The molecule has 4 heteroatoms. The Morgan fingerprint density at radius 3 is 2.67 bits per heavy atom. The Kier molecular flexibility index (Phi) is 2.34. The number of hydrogen-bond donors (Lipinski definition) is 0. The second-order valence-corrected chi connectivity index (χ2v) is 3.78. The Labute approximate surface area is 101 Å². The van der Waals surface area contributed by atoms with Crippen LogP contribution in [0.2, 0.25) is 0 Å². The molecule has 0 N–H and O–H groups in total. The highest BCUT2D eigenvalue weighted by Gasteiger charge is 2.16. The molecule has 0 bridgehead atoms. The largest absolute Gasteiger partial charge is 0.461 e. The van der Waals surface area contributed by atoms with Gasteiger partial charge >= 0.3 is 5.63 Å². The molecular formula is C14H8O4. The van der Waals surface area contributed by atoms with Crippen LogP contribution in [0.3, 0.4) is 0 Å². The molecule has 0 spiro atoms. The summed E-state index contributed by atoms with van der Waals surface area (Å²) in [5, 5.41) is 0.596. The quantitative estimate of drug-likeness (QED) is 0.510. The van der Waals surface area contributed by atoms with Crippen molar-refractivity contribution in [3.05, 3.63) is 70.5 Å². The summed E-state index contributed by atoms with van der Waals surface area (Å²) in [4.78, 5) is 23.6. The Morgan fingerprint density at radius 2 is 1.89 bits per heavy atom. The molecule has 3 rings (SSSR count). The third-order valence-corrected chi connectivity index (χ3v) is 2.64. The fraction of sp³-hybridized carbons (Fsp3) is 0. The maximum absolute atomic E-state index is 12.2. The maximum Gasteiger partial charge on any atom is 0.336 e. The van der Waals surface area contributed by atoms with Crippen LogP contribution >= 0.6 is 0 Å².